The second-order valence-corrected chi connectivity index (χ2v) is 5.20. The van der Waals surface area contributed by atoms with Crippen LogP contribution in [-0.2, 0) is 4.79 Å². The molecule has 0 bridgehead atoms. The molecule has 0 atom stereocenters. The number of hydrogen-bond acceptors (Lipinski definition) is 5. The van der Waals surface area contributed by atoms with Crippen molar-refractivity contribution in [3.63, 3.8) is 0 Å². The third-order valence-corrected chi connectivity index (χ3v) is 3.49. The number of thiophene rings is 1. The molecule has 0 aliphatic rings. The predicted octanol–water partition coefficient (Wildman–Crippen LogP) is 1.64. The van der Waals surface area contributed by atoms with Gasteiger partial charge in [0.25, 0.3) is 11.8 Å². The van der Waals surface area contributed by atoms with E-state index in [0.29, 0.717) is 11.3 Å². The standard InChI is InChI=1S/C15H15N3O3S/c1-21-12-6-4-11(5-7-12)15(20)16-10-14(19)18-17-9-13-3-2-8-22-13/h2-9H,10H2,1H3,(H,16,20)(H,18,19)/b17-9-. The number of nitrogens with one attached hydrogen (secondary N) is 2. The molecule has 114 valence electrons. The Morgan fingerprint density at radius 1 is 1.27 bits per heavy atom. The molecule has 0 fully saturated rings. The Morgan fingerprint density at radius 2 is 2.05 bits per heavy atom. The quantitative estimate of drug-likeness (QED) is 0.628. The summed E-state index contributed by atoms with van der Waals surface area (Å²) in [5, 5.41) is 8.24. The van der Waals surface area contributed by atoms with E-state index in [0.717, 1.165) is 4.88 Å². The van der Waals surface area contributed by atoms with Crippen molar-refractivity contribution in [1.82, 2.24) is 10.7 Å². The SMILES string of the molecule is COc1ccc(C(=O)NCC(=O)N/N=C\c2cccs2)cc1. The summed E-state index contributed by atoms with van der Waals surface area (Å²) in [5.74, 6) is -0.0630. The fraction of sp³-hybridized carbons (Fsp3) is 0.133. The molecule has 0 unspecified atom stereocenters. The van der Waals surface area contributed by atoms with Crippen molar-refractivity contribution >= 4 is 29.4 Å². The van der Waals surface area contributed by atoms with Crippen LogP contribution < -0.4 is 15.5 Å². The zero-order valence-corrected chi connectivity index (χ0v) is 12.7. The average Bonchev–Trinajstić information content (AvgIpc) is 3.06. The average molecular weight is 317 g/mol. The van der Waals surface area contributed by atoms with E-state index in [1.54, 1.807) is 37.6 Å². The van der Waals surface area contributed by atoms with Crippen LogP contribution in [0.3, 0.4) is 0 Å². The fourth-order valence-corrected chi connectivity index (χ4v) is 2.16. The molecule has 2 aromatic rings. The minimum atomic E-state index is -0.394. The third-order valence-electron chi connectivity index (χ3n) is 2.69. The zero-order chi connectivity index (χ0) is 15.8. The molecule has 2 rings (SSSR count). The van der Waals surface area contributed by atoms with Crippen LogP contribution in [0.1, 0.15) is 15.2 Å². The number of hydrazone groups is 1. The molecule has 0 saturated heterocycles. The Hall–Kier alpha value is -2.67. The fourth-order valence-electron chi connectivity index (χ4n) is 1.58. The van der Waals surface area contributed by atoms with Crippen LogP contribution in [0.2, 0.25) is 0 Å². The minimum Gasteiger partial charge on any atom is -0.497 e. The highest BCUT2D eigenvalue weighted by atomic mass is 32.1. The molecule has 22 heavy (non-hydrogen) atoms. The zero-order valence-electron chi connectivity index (χ0n) is 11.9. The predicted molar refractivity (Wildman–Crippen MR) is 85.4 cm³/mol. The number of ether oxygens (including phenoxy) is 1. The first kappa shape index (κ1) is 15.7. The van der Waals surface area contributed by atoms with E-state index in [1.807, 2.05) is 17.5 Å². The molecule has 1 aromatic heterocycles. The number of amides is 2. The molecule has 1 heterocycles. The van der Waals surface area contributed by atoms with Crippen molar-refractivity contribution in [3.8, 4) is 5.75 Å². The number of methoxy groups -OCH3 is 1. The van der Waals surface area contributed by atoms with Crippen LogP contribution in [0.4, 0.5) is 0 Å². The lowest BCUT2D eigenvalue weighted by Gasteiger charge is -2.05. The first-order chi connectivity index (χ1) is 10.7. The Bertz CT molecular complexity index is 651. The summed E-state index contributed by atoms with van der Waals surface area (Å²) in [6, 6.07) is 10.4. The van der Waals surface area contributed by atoms with E-state index in [1.165, 1.54) is 11.3 Å². The van der Waals surface area contributed by atoms with E-state index in [9.17, 15) is 9.59 Å². The molecule has 0 spiro atoms. The number of benzene rings is 1. The highest BCUT2D eigenvalue weighted by molar-refractivity contribution is 7.11. The lowest BCUT2D eigenvalue weighted by Crippen LogP contribution is -2.34. The van der Waals surface area contributed by atoms with Crippen LogP contribution >= 0.6 is 11.3 Å². The highest BCUT2D eigenvalue weighted by Gasteiger charge is 2.07. The molecule has 0 aliphatic carbocycles. The summed E-state index contributed by atoms with van der Waals surface area (Å²) < 4.78 is 5.01. The van der Waals surface area contributed by atoms with Crippen LogP contribution in [0.15, 0.2) is 46.9 Å². The maximum atomic E-state index is 11.8. The summed E-state index contributed by atoms with van der Waals surface area (Å²) in [6.07, 6.45) is 1.55. The molecule has 2 amide bonds. The summed E-state index contributed by atoms with van der Waals surface area (Å²) in [6.45, 7) is -0.146. The van der Waals surface area contributed by atoms with Gasteiger partial charge in [-0.25, -0.2) is 5.43 Å². The lowest BCUT2D eigenvalue weighted by molar-refractivity contribution is -0.120. The Kier molecular flexibility index (Phi) is 5.67. The number of rotatable bonds is 6. The van der Waals surface area contributed by atoms with E-state index in [4.69, 9.17) is 4.74 Å². The molecule has 2 N–H and O–H groups in total. The van der Waals surface area contributed by atoms with Gasteiger partial charge in [0.15, 0.2) is 0 Å². The van der Waals surface area contributed by atoms with Gasteiger partial charge in [0.2, 0.25) is 0 Å². The van der Waals surface area contributed by atoms with E-state index in [-0.39, 0.29) is 12.5 Å². The first-order valence-corrected chi connectivity index (χ1v) is 7.34. The number of hydrogen-bond donors (Lipinski definition) is 2. The molecule has 0 aliphatic heterocycles. The van der Waals surface area contributed by atoms with Crippen molar-refractivity contribution in [2.75, 3.05) is 13.7 Å². The van der Waals surface area contributed by atoms with Crippen molar-refractivity contribution < 1.29 is 14.3 Å². The largest absolute Gasteiger partial charge is 0.497 e. The minimum absolute atomic E-state index is 0.146. The Balaban J connectivity index is 1.76. The first-order valence-electron chi connectivity index (χ1n) is 6.46. The monoisotopic (exact) mass is 317 g/mol. The maximum absolute atomic E-state index is 11.8. The Labute approximate surface area is 131 Å². The number of nitrogens with zero attached hydrogens (tertiary/aromatic N) is 1. The topological polar surface area (TPSA) is 79.8 Å². The smallest absolute Gasteiger partial charge is 0.259 e. The molecule has 6 nitrogen and oxygen atoms in total. The maximum Gasteiger partial charge on any atom is 0.259 e. The van der Waals surface area contributed by atoms with Gasteiger partial charge in [-0.05, 0) is 35.7 Å². The second-order valence-electron chi connectivity index (χ2n) is 4.22. The van der Waals surface area contributed by atoms with Gasteiger partial charge in [0.1, 0.15) is 5.75 Å². The van der Waals surface area contributed by atoms with E-state index < -0.39 is 5.91 Å². The van der Waals surface area contributed by atoms with Crippen LogP contribution in [0.25, 0.3) is 0 Å². The van der Waals surface area contributed by atoms with Crippen LogP contribution in [0.5, 0.6) is 5.75 Å². The Morgan fingerprint density at radius 3 is 2.68 bits per heavy atom. The van der Waals surface area contributed by atoms with Gasteiger partial charge < -0.3 is 10.1 Å². The molecule has 0 radical (unpaired) electrons. The summed E-state index contributed by atoms with van der Waals surface area (Å²) in [5.41, 5.74) is 2.80. The van der Waals surface area contributed by atoms with Gasteiger partial charge in [-0.15, -0.1) is 11.3 Å². The van der Waals surface area contributed by atoms with Crippen molar-refractivity contribution in [2.45, 2.75) is 0 Å². The van der Waals surface area contributed by atoms with Crippen molar-refractivity contribution in [1.29, 1.82) is 0 Å². The number of carbonyl (C=O) groups is 2. The van der Waals surface area contributed by atoms with Crippen molar-refractivity contribution in [2.24, 2.45) is 5.10 Å². The van der Waals surface area contributed by atoms with Gasteiger partial charge in [-0.3, -0.25) is 9.59 Å². The van der Waals surface area contributed by atoms with E-state index in [2.05, 4.69) is 15.8 Å². The summed E-state index contributed by atoms with van der Waals surface area (Å²) in [7, 11) is 1.55. The summed E-state index contributed by atoms with van der Waals surface area (Å²) >= 11 is 1.51. The van der Waals surface area contributed by atoms with Gasteiger partial charge in [-0.2, -0.15) is 5.10 Å². The molecular weight excluding hydrogens is 302 g/mol. The molecule has 1 aromatic carbocycles. The van der Waals surface area contributed by atoms with Gasteiger partial charge in [0, 0.05) is 10.4 Å². The third kappa shape index (κ3) is 4.71. The van der Waals surface area contributed by atoms with Gasteiger partial charge >= 0.3 is 0 Å². The normalized spacial score (nSPS) is 10.4. The summed E-state index contributed by atoms with van der Waals surface area (Å²) in [4.78, 5) is 24.3. The van der Waals surface area contributed by atoms with Crippen LogP contribution in [0, 0.1) is 0 Å². The van der Waals surface area contributed by atoms with Gasteiger partial charge in [0.05, 0.1) is 19.9 Å². The number of carbonyl (C=O) groups excluding carboxylic acids is 2. The highest BCUT2D eigenvalue weighted by Crippen LogP contribution is 2.10. The van der Waals surface area contributed by atoms with Crippen LogP contribution in [-0.4, -0.2) is 31.7 Å². The van der Waals surface area contributed by atoms with E-state index >= 15 is 0 Å². The molecule has 0 saturated carbocycles. The lowest BCUT2D eigenvalue weighted by atomic mass is 10.2. The van der Waals surface area contributed by atoms with Crippen molar-refractivity contribution in [3.05, 3.63) is 52.2 Å². The second kappa shape index (κ2) is 7.94. The molecule has 7 heteroatoms. The molecular formula is C15H15N3O3S. The van der Waals surface area contributed by atoms with Gasteiger partial charge in [-0.1, -0.05) is 6.07 Å².